The molecule has 0 fully saturated rings. The van der Waals surface area contributed by atoms with Gasteiger partial charge in [-0.05, 0) is 52.5 Å². The molecule has 0 spiro atoms. The minimum Gasteiger partial charge on any atom is -0.306 e. The van der Waals surface area contributed by atoms with E-state index < -0.39 is 0 Å². The van der Waals surface area contributed by atoms with Crippen LogP contribution >= 0.6 is 0 Å². The molecular weight excluding hydrogens is 246 g/mol. The largest absolute Gasteiger partial charge is 0.306 e. The highest BCUT2D eigenvalue weighted by Crippen LogP contribution is 2.32. The third-order valence-electron chi connectivity index (χ3n) is 4.40. The van der Waals surface area contributed by atoms with Gasteiger partial charge in [-0.3, -0.25) is 4.68 Å². The summed E-state index contributed by atoms with van der Waals surface area (Å²) in [7, 11) is 2.05. The number of rotatable bonds is 5. The Morgan fingerprint density at radius 2 is 2.10 bits per heavy atom. The van der Waals surface area contributed by atoms with E-state index >= 15 is 0 Å². The molecule has 1 N–H and O–H groups in total. The molecule has 1 aliphatic carbocycles. The molecule has 1 atom stereocenters. The van der Waals surface area contributed by atoms with Crippen LogP contribution in [0.2, 0.25) is 0 Å². The van der Waals surface area contributed by atoms with Crippen LogP contribution in [0.3, 0.4) is 0 Å². The van der Waals surface area contributed by atoms with E-state index in [4.69, 9.17) is 0 Å². The topological polar surface area (TPSA) is 29.9 Å². The lowest BCUT2D eigenvalue weighted by molar-refractivity contribution is 0.562. The van der Waals surface area contributed by atoms with E-state index in [0.29, 0.717) is 6.04 Å². The second-order valence-corrected chi connectivity index (χ2v) is 5.97. The standard InChI is InChI=1S/C17H29N3/c1-5-12-18-17(15-10-8-6-7-9-11-15)16-13(2)19-20(4)14(16)3/h10,17-18H,5-9,11-12H2,1-4H3. The summed E-state index contributed by atoms with van der Waals surface area (Å²) in [6.07, 6.45) is 10.1. The quantitative estimate of drug-likeness (QED) is 0.824. The van der Waals surface area contributed by atoms with Gasteiger partial charge < -0.3 is 5.32 Å². The fourth-order valence-corrected chi connectivity index (χ4v) is 3.22. The molecule has 0 aromatic carbocycles. The molecule has 3 heteroatoms. The lowest BCUT2D eigenvalue weighted by atomic mass is 9.93. The van der Waals surface area contributed by atoms with E-state index in [-0.39, 0.29) is 0 Å². The highest BCUT2D eigenvalue weighted by atomic mass is 15.3. The van der Waals surface area contributed by atoms with Crippen LogP contribution < -0.4 is 5.32 Å². The molecule has 1 aromatic rings. The summed E-state index contributed by atoms with van der Waals surface area (Å²) in [5.41, 5.74) is 5.44. The second kappa shape index (κ2) is 7.07. The van der Waals surface area contributed by atoms with Crippen LogP contribution in [0.1, 0.15) is 68.4 Å². The maximum Gasteiger partial charge on any atom is 0.0647 e. The van der Waals surface area contributed by atoms with Gasteiger partial charge in [0.15, 0.2) is 0 Å². The Balaban J connectivity index is 2.33. The Morgan fingerprint density at radius 3 is 2.75 bits per heavy atom. The Hall–Kier alpha value is -1.09. The Labute approximate surface area is 123 Å². The molecule has 1 aromatic heterocycles. The summed E-state index contributed by atoms with van der Waals surface area (Å²) in [5, 5.41) is 8.36. The summed E-state index contributed by atoms with van der Waals surface area (Å²) in [6, 6.07) is 0.363. The van der Waals surface area contributed by atoms with E-state index in [9.17, 15) is 0 Å². The summed E-state index contributed by atoms with van der Waals surface area (Å²) in [5.74, 6) is 0. The van der Waals surface area contributed by atoms with Crippen molar-refractivity contribution in [2.45, 2.75) is 65.3 Å². The SMILES string of the molecule is CCCNC(C1=CCCCCC1)c1c(C)nn(C)c1C. The third-order valence-corrected chi connectivity index (χ3v) is 4.40. The predicted molar refractivity (Wildman–Crippen MR) is 84.9 cm³/mol. The van der Waals surface area contributed by atoms with Crippen LogP contribution in [0.15, 0.2) is 11.6 Å². The number of allylic oxidation sites excluding steroid dienone is 1. The molecule has 20 heavy (non-hydrogen) atoms. The van der Waals surface area contributed by atoms with Crippen molar-refractivity contribution in [1.82, 2.24) is 15.1 Å². The number of aromatic nitrogens is 2. The zero-order valence-corrected chi connectivity index (χ0v) is 13.5. The van der Waals surface area contributed by atoms with E-state index in [2.05, 4.69) is 37.3 Å². The zero-order valence-electron chi connectivity index (χ0n) is 13.5. The molecule has 1 unspecified atom stereocenters. The molecule has 2 rings (SSSR count). The first-order valence-electron chi connectivity index (χ1n) is 8.07. The first-order chi connectivity index (χ1) is 9.65. The Bertz CT molecular complexity index is 471. The van der Waals surface area contributed by atoms with Crippen molar-refractivity contribution in [2.75, 3.05) is 6.54 Å². The van der Waals surface area contributed by atoms with Gasteiger partial charge in [0.25, 0.3) is 0 Å². The van der Waals surface area contributed by atoms with Crippen LogP contribution in [0.25, 0.3) is 0 Å². The minimum absolute atomic E-state index is 0.363. The minimum atomic E-state index is 0.363. The molecule has 1 aliphatic rings. The van der Waals surface area contributed by atoms with Gasteiger partial charge in [-0.1, -0.05) is 25.0 Å². The fraction of sp³-hybridized carbons (Fsp3) is 0.706. The van der Waals surface area contributed by atoms with Crippen molar-refractivity contribution >= 4 is 0 Å². The first kappa shape index (κ1) is 15.3. The van der Waals surface area contributed by atoms with Crippen molar-refractivity contribution in [3.05, 3.63) is 28.6 Å². The van der Waals surface area contributed by atoms with Crippen LogP contribution in [0.5, 0.6) is 0 Å². The summed E-state index contributed by atoms with van der Waals surface area (Å²) >= 11 is 0. The molecule has 0 bridgehead atoms. The number of hydrogen-bond acceptors (Lipinski definition) is 2. The number of hydrogen-bond donors (Lipinski definition) is 1. The Morgan fingerprint density at radius 1 is 1.30 bits per heavy atom. The molecule has 0 saturated heterocycles. The summed E-state index contributed by atoms with van der Waals surface area (Å²) in [4.78, 5) is 0. The number of nitrogens with one attached hydrogen (secondary N) is 1. The van der Waals surface area contributed by atoms with Crippen molar-refractivity contribution in [2.24, 2.45) is 7.05 Å². The summed E-state index contributed by atoms with van der Waals surface area (Å²) < 4.78 is 2.02. The molecule has 1 heterocycles. The van der Waals surface area contributed by atoms with E-state index in [1.165, 1.54) is 55.5 Å². The third kappa shape index (κ3) is 3.32. The fourth-order valence-electron chi connectivity index (χ4n) is 3.22. The van der Waals surface area contributed by atoms with E-state index in [1.807, 2.05) is 11.7 Å². The van der Waals surface area contributed by atoms with Gasteiger partial charge in [-0.25, -0.2) is 0 Å². The number of aryl methyl sites for hydroxylation is 2. The molecule has 0 aliphatic heterocycles. The maximum absolute atomic E-state index is 4.61. The average Bonchev–Trinajstić information content (AvgIpc) is 2.66. The molecule has 0 amide bonds. The van der Waals surface area contributed by atoms with Crippen LogP contribution in [-0.4, -0.2) is 16.3 Å². The van der Waals surface area contributed by atoms with Gasteiger partial charge in [0.1, 0.15) is 0 Å². The van der Waals surface area contributed by atoms with Gasteiger partial charge in [0, 0.05) is 18.3 Å². The smallest absolute Gasteiger partial charge is 0.0647 e. The molecule has 0 radical (unpaired) electrons. The van der Waals surface area contributed by atoms with Gasteiger partial charge in [0.05, 0.1) is 11.7 Å². The number of nitrogens with zero attached hydrogens (tertiary/aromatic N) is 2. The van der Waals surface area contributed by atoms with Crippen molar-refractivity contribution < 1.29 is 0 Å². The van der Waals surface area contributed by atoms with Gasteiger partial charge in [-0.2, -0.15) is 5.10 Å². The van der Waals surface area contributed by atoms with Gasteiger partial charge in [0.2, 0.25) is 0 Å². The van der Waals surface area contributed by atoms with Gasteiger partial charge in [-0.15, -0.1) is 0 Å². The van der Waals surface area contributed by atoms with Gasteiger partial charge >= 0.3 is 0 Å². The Kier molecular flexibility index (Phi) is 5.41. The highest BCUT2D eigenvalue weighted by molar-refractivity contribution is 5.35. The van der Waals surface area contributed by atoms with Crippen LogP contribution in [0.4, 0.5) is 0 Å². The molecular formula is C17H29N3. The van der Waals surface area contributed by atoms with Crippen molar-refractivity contribution in [3.63, 3.8) is 0 Å². The van der Waals surface area contributed by atoms with Crippen molar-refractivity contribution in [1.29, 1.82) is 0 Å². The monoisotopic (exact) mass is 275 g/mol. The van der Waals surface area contributed by atoms with Crippen LogP contribution in [-0.2, 0) is 7.05 Å². The highest BCUT2D eigenvalue weighted by Gasteiger charge is 2.23. The normalized spacial score (nSPS) is 17.7. The lowest BCUT2D eigenvalue weighted by Gasteiger charge is -2.22. The van der Waals surface area contributed by atoms with E-state index in [1.54, 1.807) is 5.57 Å². The first-order valence-corrected chi connectivity index (χ1v) is 8.07. The molecule has 0 saturated carbocycles. The molecule has 3 nitrogen and oxygen atoms in total. The van der Waals surface area contributed by atoms with Crippen molar-refractivity contribution in [3.8, 4) is 0 Å². The molecule has 112 valence electrons. The second-order valence-electron chi connectivity index (χ2n) is 5.97. The van der Waals surface area contributed by atoms with E-state index in [0.717, 1.165) is 6.54 Å². The lowest BCUT2D eigenvalue weighted by Crippen LogP contribution is -2.25. The summed E-state index contributed by atoms with van der Waals surface area (Å²) in [6.45, 7) is 7.62. The maximum atomic E-state index is 4.61. The zero-order chi connectivity index (χ0) is 14.5. The predicted octanol–water partition coefficient (Wildman–Crippen LogP) is 3.97. The van der Waals surface area contributed by atoms with Crippen LogP contribution in [0, 0.1) is 13.8 Å². The average molecular weight is 275 g/mol.